The zero-order valence-corrected chi connectivity index (χ0v) is 11.3. The molecule has 2 N–H and O–H groups in total. The number of rotatable bonds is 5. The predicted molar refractivity (Wildman–Crippen MR) is 66.8 cm³/mol. The van der Waals surface area contributed by atoms with Crippen molar-refractivity contribution in [2.45, 2.75) is 26.1 Å². The monoisotopic (exact) mass is 300 g/mol. The fourth-order valence-electron chi connectivity index (χ4n) is 1.21. The zero-order chi connectivity index (χ0) is 13.8. The number of aromatic nitrogens is 1. The van der Waals surface area contributed by atoms with Crippen molar-refractivity contribution in [2.24, 2.45) is 5.73 Å². The van der Waals surface area contributed by atoms with E-state index in [-0.39, 0.29) is 30.1 Å². The third-order valence-electron chi connectivity index (χ3n) is 2.04. The van der Waals surface area contributed by atoms with Gasteiger partial charge in [0, 0.05) is 12.2 Å². The van der Waals surface area contributed by atoms with Crippen LogP contribution in [0.1, 0.15) is 25.5 Å². The van der Waals surface area contributed by atoms with Crippen molar-refractivity contribution in [2.75, 3.05) is 13.2 Å². The highest BCUT2D eigenvalue weighted by Crippen LogP contribution is 2.28. The van der Waals surface area contributed by atoms with Crippen molar-refractivity contribution in [1.29, 1.82) is 0 Å². The van der Waals surface area contributed by atoms with Crippen LogP contribution in [0.4, 0.5) is 13.2 Å². The van der Waals surface area contributed by atoms with Crippen LogP contribution in [0.15, 0.2) is 12.3 Å². The van der Waals surface area contributed by atoms with Crippen LogP contribution in [0.3, 0.4) is 0 Å². The summed E-state index contributed by atoms with van der Waals surface area (Å²) in [5, 5.41) is 0. The van der Waals surface area contributed by atoms with Gasteiger partial charge < -0.3 is 15.2 Å². The molecule has 1 atom stereocenters. The largest absolute Gasteiger partial charge is 0.488 e. The minimum atomic E-state index is -4.41. The molecule has 110 valence electrons. The van der Waals surface area contributed by atoms with Gasteiger partial charge >= 0.3 is 6.18 Å². The Balaban J connectivity index is 0.00000324. The van der Waals surface area contributed by atoms with Crippen LogP contribution in [0.2, 0.25) is 0 Å². The molecule has 0 aliphatic rings. The molecule has 1 unspecified atom stereocenters. The average Bonchev–Trinajstić information content (AvgIpc) is 2.26. The topological polar surface area (TPSA) is 57.4 Å². The average molecular weight is 301 g/mol. The van der Waals surface area contributed by atoms with E-state index in [0.29, 0.717) is 12.2 Å². The lowest BCUT2D eigenvalue weighted by atomic mass is 10.1. The molecular formula is C11H16ClF3N2O2. The SMILES string of the molecule is CCOc1cc(C(C)N)cnc1OCC(F)(F)F.Cl. The van der Waals surface area contributed by atoms with Crippen LogP contribution in [0, 0.1) is 0 Å². The molecule has 0 fully saturated rings. The molecule has 0 aliphatic heterocycles. The van der Waals surface area contributed by atoms with Crippen molar-refractivity contribution in [3.05, 3.63) is 17.8 Å². The highest BCUT2D eigenvalue weighted by Gasteiger charge is 2.29. The van der Waals surface area contributed by atoms with Crippen LogP contribution in [0.25, 0.3) is 0 Å². The zero-order valence-electron chi connectivity index (χ0n) is 10.5. The van der Waals surface area contributed by atoms with Crippen molar-refractivity contribution in [3.63, 3.8) is 0 Å². The number of nitrogens with two attached hydrogens (primary N) is 1. The second-order valence-electron chi connectivity index (χ2n) is 3.70. The van der Waals surface area contributed by atoms with E-state index in [1.807, 2.05) is 0 Å². The van der Waals surface area contributed by atoms with E-state index in [9.17, 15) is 13.2 Å². The Morgan fingerprint density at radius 1 is 1.37 bits per heavy atom. The first-order valence-electron chi connectivity index (χ1n) is 5.41. The smallest absolute Gasteiger partial charge is 0.422 e. The summed E-state index contributed by atoms with van der Waals surface area (Å²) in [4.78, 5) is 3.79. The Bertz CT molecular complexity index is 400. The molecule has 8 heteroatoms. The van der Waals surface area contributed by atoms with Gasteiger partial charge in [-0.05, 0) is 25.5 Å². The third-order valence-corrected chi connectivity index (χ3v) is 2.04. The molecule has 1 aromatic heterocycles. The second-order valence-corrected chi connectivity index (χ2v) is 3.70. The van der Waals surface area contributed by atoms with Gasteiger partial charge in [-0.25, -0.2) is 4.98 Å². The number of hydrogen-bond acceptors (Lipinski definition) is 4. The fourth-order valence-corrected chi connectivity index (χ4v) is 1.21. The molecule has 1 heterocycles. The third kappa shape index (κ3) is 5.98. The summed E-state index contributed by atoms with van der Waals surface area (Å²) in [6.07, 6.45) is -3.04. The summed E-state index contributed by atoms with van der Waals surface area (Å²) in [6.45, 7) is 2.35. The molecule has 0 bridgehead atoms. The van der Waals surface area contributed by atoms with Gasteiger partial charge in [0.25, 0.3) is 5.88 Å². The molecule has 0 saturated carbocycles. The number of pyridine rings is 1. The summed E-state index contributed by atoms with van der Waals surface area (Å²) in [6, 6.07) is 1.25. The lowest BCUT2D eigenvalue weighted by Crippen LogP contribution is -2.20. The first kappa shape index (κ1) is 17.8. The first-order valence-corrected chi connectivity index (χ1v) is 5.41. The molecule has 0 saturated heterocycles. The molecule has 1 aromatic rings. The van der Waals surface area contributed by atoms with E-state index in [0.717, 1.165) is 0 Å². The molecule has 4 nitrogen and oxygen atoms in total. The van der Waals surface area contributed by atoms with E-state index in [4.69, 9.17) is 10.5 Å². The van der Waals surface area contributed by atoms with E-state index in [1.165, 1.54) is 12.3 Å². The van der Waals surface area contributed by atoms with Gasteiger partial charge in [0.2, 0.25) is 0 Å². The first-order chi connectivity index (χ1) is 8.33. The molecule has 0 amide bonds. The highest BCUT2D eigenvalue weighted by molar-refractivity contribution is 5.85. The summed E-state index contributed by atoms with van der Waals surface area (Å²) in [7, 11) is 0. The molecule has 0 spiro atoms. The van der Waals surface area contributed by atoms with Gasteiger partial charge in [-0.2, -0.15) is 13.2 Å². The number of hydrogen-bond donors (Lipinski definition) is 1. The lowest BCUT2D eigenvalue weighted by molar-refractivity contribution is -0.154. The van der Waals surface area contributed by atoms with Crippen molar-refractivity contribution >= 4 is 12.4 Å². The van der Waals surface area contributed by atoms with Gasteiger partial charge in [-0.15, -0.1) is 12.4 Å². The highest BCUT2D eigenvalue weighted by atomic mass is 35.5. The quantitative estimate of drug-likeness (QED) is 0.908. The minimum absolute atomic E-state index is 0. The Hall–Kier alpha value is -1.21. The molecule has 0 radical (unpaired) electrons. The molecule has 0 aliphatic carbocycles. The van der Waals surface area contributed by atoms with Crippen molar-refractivity contribution in [3.8, 4) is 11.6 Å². The minimum Gasteiger partial charge on any atom is -0.488 e. The molecular weight excluding hydrogens is 285 g/mol. The van der Waals surface area contributed by atoms with Crippen LogP contribution in [0.5, 0.6) is 11.6 Å². The Kier molecular flexibility index (Phi) is 6.93. The van der Waals surface area contributed by atoms with Crippen LogP contribution in [-0.4, -0.2) is 24.4 Å². The number of alkyl halides is 3. The maximum Gasteiger partial charge on any atom is 0.422 e. The standard InChI is InChI=1S/C11H15F3N2O2.ClH/c1-3-17-9-4-8(7(2)15)5-16-10(9)18-6-11(12,13)14;/h4-5,7H,3,6,15H2,1-2H3;1H. The number of ether oxygens (including phenoxy) is 2. The van der Waals surface area contributed by atoms with Gasteiger partial charge in [0.1, 0.15) is 0 Å². The maximum absolute atomic E-state index is 12.1. The normalized spacial score (nSPS) is 12.5. The fraction of sp³-hybridized carbons (Fsp3) is 0.545. The van der Waals surface area contributed by atoms with E-state index in [1.54, 1.807) is 13.8 Å². The van der Waals surface area contributed by atoms with Crippen molar-refractivity contribution in [1.82, 2.24) is 4.98 Å². The Morgan fingerprint density at radius 3 is 2.47 bits per heavy atom. The van der Waals surface area contributed by atoms with E-state index >= 15 is 0 Å². The lowest BCUT2D eigenvalue weighted by Gasteiger charge is -2.14. The Morgan fingerprint density at radius 2 is 2.00 bits per heavy atom. The van der Waals surface area contributed by atoms with E-state index in [2.05, 4.69) is 9.72 Å². The molecule has 19 heavy (non-hydrogen) atoms. The van der Waals surface area contributed by atoms with Gasteiger partial charge in [-0.3, -0.25) is 0 Å². The van der Waals surface area contributed by atoms with Crippen molar-refractivity contribution < 1.29 is 22.6 Å². The summed E-state index contributed by atoms with van der Waals surface area (Å²) in [5.41, 5.74) is 6.32. The van der Waals surface area contributed by atoms with Crippen LogP contribution < -0.4 is 15.2 Å². The predicted octanol–water partition coefficient (Wildman–Crippen LogP) is 2.86. The summed E-state index contributed by atoms with van der Waals surface area (Å²) >= 11 is 0. The van der Waals surface area contributed by atoms with Gasteiger partial charge in [0.05, 0.1) is 6.61 Å². The van der Waals surface area contributed by atoms with Gasteiger partial charge in [0.15, 0.2) is 12.4 Å². The number of halogens is 4. The summed E-state index contributed by atoms with van der Waals surface area (Å²) in [5.74, 6) is -0.0184. The molecule has 1 rings (SSSR count). The van der Waals surface area contributed by atoms with E-state index < -0.39 is 12.8 Å². The summed E-state index contributed by atoms with van der Waals surface area (Å²) < 4.78 is 45.9. The van der Waals surface area contributed by atoms with Crippen LogP contribution in [-0.2, 0) is 0 Å². The Labute approximate surface area is 115 Å². The second kappa shape index (κ2) is 7.40. The molecule has 0 aromatic carbocycles. The number of nitrogens with zero attached hydrogens (tertiary/aromatic N) is 1. The maximum atomic E-state index is 12.1. The van der Waals surface area contributed by atoms with Crippen LogP contribution >= 0.6 is 12.4 Å². The van der Waals surface area contributed by atoms with Gasteiger partial charge in [-0.1, -0.05) is 0 Å².